The van der Waals surface area contributed by atoms with Gasteiger partial charge in [0.1, 0.15) is 0 Å². The zero-order valence-electron chi connectivity index (χ0n) is 14.7. The van der Waals surface area contributed by atoms with E-state index in [0.717, 1.165) is 6.42 Å². The fourth-order valence-corrected chi connectivity index (χ4v) is 2.72. The molecular weight excluding hydrogens is 426 g/mol. The van der Waals surface area contributed by atoms with E-state index in [9.17, 15) is 0 Å². The Morgan fingerprint density at radius 3 is 1.96 bits per heavy atom. The summed E-state index contributed by atoms with van der Waals surface area (Å²) in [6, 6.07) is 24.5. The summed E-state index contributed by atoms with van der Waals surface area (Å²) in [4.78, 5) is 0. The van der Waals surface area contributed by atoms with Crippen molar-refractivity contribution < 1.29 is 51.0 Å². The van der Waals surface area contributed by atoms with E-state index in [1.807, 2.05) is 6.07 Å². The van der Waals surface area contributed by atoms with Gasteiger partial charge in [-0.05, 0) is 6.42 Å². The fraction of sp³-hybridized carbons (Fsp3) is 0.136. The summed E-state index contributed by atoms with van der Waals surface area (Å²) in [7, 11) is 0. The van der Waals surface area contributed by atoms with Crippen molar-refractivity contribution in [1.29, 1.82) is 0 Å². The molecule has 0 saturated heterocycles. The van der Waals surface area contributed by atoms with Crippen molar-refractivity contribution >= 4 is 0 Å². The van der Waals surface area contributed by atoms with E-state index in [2.05, 4.69) is 87.7 Å². The normalized spacial score (nSPS) is 9.20. The van der Waals surface area contributed by atoms with Gasteiger partial charge in [0, 0.05) is 0 Å². The molecule has 3 aromatic carbocycles. The van der Waals surface area contributed by atoms with Crippen molar-refractivity contribution in [3.8, 4) is 11.1 Å². The Morgan fingerprint density at radius 1 is 0.840 bits per heavy atom. The van der Waals surface area contributed by atoms with Crippen LogP contribution in [0.4, 0.5) is 0 Å². The summed E-state index contributed by atoms with van der Waals surface area (Å²) in [6.07, 6.45) is 1.05. The predicted octanol–water partition coefficient (Wildman–Crippen LogP) is -0.112. The van der Waals surface area contributed by atoms with Crippen molar-refractivity contribution in [1.82, 2.24) is 0 Å². The molecule has 0 fully saturated rings. The van der Waals surface area contributed by atoms with Crippen LogP contribution in [-0.4, -0.2) is 0 Å². The molecule has 4 rings (SSSR count). The molecule has 0 amide bonds. The molecule has 0 bridgehead atoms. The SMILES string of the molecule is C=C.Cc1ccc(C)[cH-]1.[Cl-].[Cl-].[Zr+4].[c-]1cccc2c1Cc1ccccc1-2. The number of benzene rings is 2. The minimum absolute atomic E-state index is 0. The summed E-state index contributed by atoms with van der Waals surface area (Å²) in [5.74, 6) is 0. The van der Waals surface area contributed by atoms with Crippen molar-refractivity contribution in [2.24, 2.45) is 0 Å². The monoisotopic (exact) mass is 446 g/mol. The van der Waals surface area contributed by atoms with Gasteiger partial charge < -0.3 is 24.8 Å². The van der Waals surface area contributed by atoms with E-state index in [-0.39, 0.29) is 51.0 Å². The van der Waals surface area contributed by atoms with Crippen LogP contribution in [0.3, 0.4) is 0 Å². The van der Waals surface area contributed by atoms with Crippen LogP contribution in [0.15, 0.2) is 73.8 Å². The minimum Gasteiger partial charge on any atom is -1.00 e. The summed E-state index contributed by atoms with van der Waals surface area (Å²) in [5.41, 5.74) is 8.23. The van der Waals surface area contributed by atoms with Gasteiger partial charge in [-0.25, -0.2) is 12.1 Å². The van der Waals surface area contributed by atoms with Crippen LogP contribution >= 0.6 is 0 Å². The third-order valence-corrected chi connectivity index (χ3v) is 3.68. The van der Waals surface area contributed by atoms with Crippen LogP contribution in [0.1, 0.15) is 22.3 Å². The van der Waals surface area contributed by atoms with Crippen LogP contribution in [0, 0.1) is 19.9 Å². The van der Waals surface area contributed by atoms with Gasteiger partial charge in [0.2, 0.25) is 0 Å². The smallest absolute Gasteiger partial charge is 1.00 e. The Morgan fingerprint density at radius 2 is 1.40 bits per heavy atom. The second-order valence-corrected chi connectivity index (χ2v) is 5.36. The Labute approximate surface area is 183 Å². The Kier molecular flexibility index (Phi) is 13.9. The summed E-state index contributed by atoms with van der Waals surface area (Å²) < 4.78 is 0. The molecule has 0 atom stereocenters. The molecule has 3 heteroatoms. The van der Waals surface area contributed by atoms with Crippen molar-refractivity contribution in [2.45, 2.75) is 20.3 Å². The number of rotatable bonds is 0. The molecule has 0 aromatic heterocycles. The molecule has 0 spiro atoms. The second kappa shape index (κ2) is 13.2. The Hall–Kier alpha value is -1.01. The average molecular weight is 449 g/mol. The van der Waals surface area contributed by atoms with E-state index in [0.29, 0.717) is 0 Å². The third-order valence-electron chi connectivity index (χ3n) is 3.68. The van der Waals surface area contributed by atoms with Crippen LogP contribution in [0.5, 0.6) is 0 Å². The molecule has 1 aliphatic carbocycles. The molecule has 0 radical (unpaired) electrons. The van der Waals surface area contributed by atoms with Crippen LogP contribution < -0.4 is 24.8 Å². The van der Waals surface area contributed by atoms with E-state index < -0.39 is 0 Å². The number of halogens is 2. The van der Waals surface area contributed by atoms with Gasteiger partial charge in [0.25, 0.3) is 0 Å². The molecule has 128 valence electrons. The van der Waals surface area contributed by atoms with E-state index in [4.69, 9.17) is 0 Å². The zero-order chi connectivity index (χ0) is 15.9. The quantitative estimate of drug-likeness (QED) is 0.260. The molecule has 0 heterocycles. The first-order valence-electron chi connectivity index (χ1n) is 7.52. The van der Waals surface area contributed by atoms with Gasteiger partial charge in [-0.15, -0.1) is 18.7 Å². The summed E-state index contributed by atoms with van der Waals surface area (Å²) in [5, 5.41) is 0. The molecule has 25 heavy (non-hydrogen) atoms. The molecular formula is C22H22Cl2Zr. The van der Waals surface area contributed by atoms with Gasteiger partial charge in [0.05, 0.1) is 0 Å². The zero-order valence-corrected chi connectivity index (χ0v) is 18.6. The number of fused-ring (bicyclic) bond motifs is 3. The van der Waals surface area contributed by atoms with E-state index in [1.165, 1.54) is 33.4 Å². The first-order chi connectivity index (χ1) is 10.7. The van der Waals surface area contributed by atoms with Gasteiger partial charge in [0.15, 0.2) is 0 Å². The van der Waals surface area contributed by atoms with Crippen molar-refractivity contribution in [3.05, 3.63) is 102 Å². The third kappa shape index (κ3) is 7.02. The maximum absolute atomic E-state index is 3.30. The van der Waals surface area contributed by atoms with Crippen molar-refractivity contribution in [3.63, 3.8) is 0 Å². The fourth-order valence-electron chi connectivity index (χ4n) is 2.72. The van der Waals surface area contributed by atoms with Gasteiger partial charge in [-0.3, -0.25) is 0 Å². The molecule has 1 aliphatic rings. The largest absolute Gasteiger partial charge is 4.00 e. The molecule has 0 unspecified atom stereocenters. The van der Waals surface area contributed by atoms with Crippen LogP contribution in [0.2, 0.25) is 0 Å². The van der Waals surface area contributed by atoms with E-state index in [1.54, 1.807) is 0 Å². The van der Waals surface area contributed by atoms with Crippen LogP contribution in [0.25, 0.3) is 11.1 Å². The summed E-state index contributed by atoms with van der Waals surface area (Å²) in [6.45, 7) is 10.2. The van der Waals surface area contributed by atoms with Gasteiger partial charge in [-0.2, -0.15) is 47.0 Å². The molecule has 3 aromatic rings. The Balaban J connectivity index is 0. The molecule has 0 nitrogen and oxygen atoms in total. The van der Waals surface area contributed by atoms with Gasteiger partial charge >= 0.3 is 26.2 Å². The summed E-state index contributed by atoms with van der Waals surface area (Å²) >= 11 is 0. The molecule has 0 saturated carbocycles. The number of aryl methyl sites for hydroxylation is 2. The predicted molar refractivity (Wildman–Crippen MR) is 96.3 cm³/mol. The first kappa shape index (κ1) is 26.2. The first-order valence-corrected chi connectivity index (χ1v) is 7.52. The van der Waals surface area contributed by atoms with Gasteiger partial charge in [-0.1, -0.05) is 49.2 Å². The topological polar surface area (TPSA) is 0 Å². The average Bonchev–Trinajstić information content (AvgIpc) is 3.12. The Bertz CT molecular complexity index is 687. The molecule has 0 aliphatic heterocycles. The molecule has 0 N–H and O–H groups in total. The number of hydrogen-bond donors (Lipinski definition) is 0. The standard InChI is InChI=1S/C13H9.C7H9.C2H4.2ClH.Zr/c1-3-7-12-10(5-1)9-11-6-2-4-8-13(11)12;1-6-3-4-7(2)5-6;1-2;;;/h1-5,7-8H,9H2;3-5H,1-2H3;1-2H2;2*1H;/q2*-1;;;;+4/p-2. The van der Waals surface area contributed by atoms with Crippen LogP contribution in [-0.2, 0) is 32.6 Å². The second-order valence-electron chi connectivity index (χ2n) is 5.36. The maximum atomic E-state index is 3.30. The van der Waals surface area contributed by atoms with Crippen molar-refractivity contribution in [2.75, 3.05) is 0 Å². The maximum Gasteiger partial charge on any atom is 4.00 e. The van der Waals surface area contributed by atoms with E-state index >= 15 is 0 Å². The number of hydrogen-bond acceptors (Lipinski definition) is 0. The minimum atomic E-state index is 0.